The summed E-state index contributed by atoms with van der Waals surface area (Å²) in [7, 11) is 0. The molecule has 1 heterocycles. The molecular weight excluding hydrogens is 577 g/mol. The third-order valence-electron chi connectivity index (χ3n) is 5.67. The number of halogens is 2. The van der Waals surface area contributed by atoms with Gasteiger partial charge in [0.05, 0.1) is 5.52 Å². The maximum Gasteiger partial charge on any atom is -0.0809 e. The monoisotopic (exact) mass is 603 g/mol. The third kappa shape index (κ3) is 7.73. The molecule has 0 aliphatic carbocycles. The number of hydrogen-bond acceptors (Lipinski definition) is 1. The molecule has 5 heteroatoms. The van der Waals surface area contributed by atoms with E-state index in [0.29, 0.717) is 0 Å². The van der Waals surface area contributed by atoms with E-state index >= 15 is 0 Å². The number of aryl methyl sites for hydroxylation is 1. The van der Waals surface area contributed by atoms with Crippen LogP contribution in [0.3, 0.4) is 0 Å². The van der Waals surface area contributed by atoms with E-state index in [1.54, 1.807) is 23.3 Å². The maximum atomic E-state index is 4.59. The van der Waals surface area contributed by atoms with Gasteiger partial charge in [0.2, 0.25) is 0 Å². The van der Waals surface area contributed by atoms with Crippen LogP contribution < -0.4 is 24.8 Å². The first-order valence-corrected chi connectivity index (χ1v) is 17.9. The van der Waals surface area contributed by atoms with Crippen LogP contribution in [0.1, 0.15) is 12.5 Å². The number of fused-ring (bicyclic) bond motifs is 3. The summed E-state index contributed by atoms with van der Waals surface area (Å²) < 4.78 is 0. The van der Waals surface area contributed by atoms with E-state index in [9.17, 15) is 0 Å². The Hall–Kier alpha value is -2.03. The van der Waals surface area contributed by atoms with E-state index in [4.69, 9.17) is 0 Å². The summed E-state index contributed by atoms with van der Waals surface area (Å²) in [5.41, 5.74) is 5.11. The largest absolute Gasteiger partial charge is 1.00 e. The van der Waals surface area contributed by atoms with Gasteiger partial charge in [0.1, 0.15) is 0 Å². The van der Waals surface area contributed by atoms with Crippen molar-refractivity contribution in [2.45, 2.75) is 26.4 Å². The van der Waals surface area contributed by atoms with E-state index in [-0.39, 0.29) is 30.2 Å². The van der Waals surface area contributed by atoms with Crippen molar-refractivity contribution >= 4 is 37.9 Å². The first-order valence-electron chi connectivity index (χ1n) is 11.7. The van der Waals surface area contributed by atoms with Crippen molar-refractivity contribution in [2.24, 2.45) is 0 Å². The van der Waals surface area contributed by atoms with E-state index in [1.165, 1.54) is 43.6 Å². The average Bonchev–Trinajstić information content (AvgIpc) is 3.50. The van der Waals surface area contributed by atoms with Gasteiger partial charge in [-0.15, -0.1) is 64.2 Å². The summed E-state index contributed by atoms with van der Waals surface area (Å²) in [5, 5.41) is 6.49. The van der Waals surface area contributed by atoms with Crippen LogP contribution in [0.15, 0.2) is 109 Å². The predicted molar refractivity (Wildman–Crippen MR) is 147 cm³/mol. The molecule has 0 aliphatic heterocycles. The second kappa shape index (κ2) is 14.6. The smallest absolute Gasteiger partial charge is 0.0809 e. The van der Waals surface area contributed by atoms with Crippen molar-refractivity contribution < 1.29 is 48.1 Å². The molecule has 0 aliphatic rings. The summed E-state index contributed by atoms with van der Waals surface area (Å²) >= 11 is 1.74. The van der Waals surface area contributed by atoms with Gasteiger partial charge in [-0.25, -0.2) is 0 Å². The van der Waals surface area contributed by atoms with Gasteiger partial charge in [-0.1, -0.05) is 42.8 Å². The van der Waals surface area contributed by atoms with Gasteiger partial charge in [-0.05, 0) is 24.1 Å². The summed E-state index contributed by atoms with van der Waals surface area (Å²) in [6, 6.07) is 36.3. The molecule has 0 bridgehead atoms. The molecule has 1 nitrogen and oxygen atoms in total. The molecule has 5 aromatic carbocycles. The van der Waals surface area contributed by atoms with Crippen LogP contribution in [0.4, 0.5) is 0 Å². The Morgan fingerprint density at radius 1 is 0.806 bits per heavy atom. The van der Waals surface area contributed by atoms with Crippen LogP contribution >= 0.6 is 0 Å². The summed E-state index contributed by atoms with van der Waals surface area (Å²) in [5.74, 6) is 0. The molecule has 6 aromatic rings. The fourth-order valence-corrected chi connectivity index (χ4v) is 4.04. The molecule has 0 N–H and O–H groups in total. The van der Waals surface area contributed by atoms with Crippen LogP contribution in [-0.4, -0.2) is 10.4 Å². The Morgan fingerprint density at radius 3 is 2.19 bits per heavy atom. The predicted octanol–water partition coefficient (Wildman–Crippen LogP) is 2.69. The second-order valence-electron chi connectivity index (χ2n) is 8.60. The number of para-hydroxylation sites is 1. The standard InChI is InChI=1S/C20H16N.C9H7.C2H6Si.2ClH.Zr/c1-2-14-10-15-7-5-8-18(19(15)11-14)17-12-16-6-3-4-9-20(16)21-13-17;1-2-5-9-7-3-6-8(9)4-1;1-3-2;;;/h3-13H,2H2,1H3;1-7H;1-2H3;2*1H;/q2*-1;;;;+2/p-2. The quantitative estimate of drug-likeness (QED) is 0.219. The Balaban J connectivity index is 0.000000255. The van der Waals surface area contributed by atoms with Crippen LogP contribution in [0.2, 0.25) is 13.1 Å². The van der Waals surface area contributed by atoms with Crippen molar-refractivity contribution in [1.82, 2.24) is 4.98 Å². The molecule has 0 fully saturated rings. The van der Waals surface area contributed by atoms with Crippen molar-refractivity contribution in [1.29, 1.82) is 0 Å². The molecule has 0 amide bonds. The van der Waals surface area contributed by atoms with E-state index in [0.717, 1.165) is 11.9 Å². The van der Waals surface area contributed by atoms with Gasteiger partial charge < -0.3 is 24.8 Å². The van der Waals surface area contributed by atoms with Gasteiger partial charge >= 0.3 is 41.9 Å². The molecule has 36 heavy (non-hydrogen) atoms. The molecule has 0 unspecified atom stereocenters. The van der Waals surface area contributed by atoms with E-state index in [2.05, 4.69) is 122 Å². The number of aromatic nitrogens is 1. The molecule has 6 rings (SSSR count). The second-order valence-corrected chi connectivity index (χ2v) is 18.0. The van der Waals surface area contributed by atoms with Crippen LogP contribution in [0.25, 0.3) is 43.6 Å². The maximum absolute atomic E-state index is 4.59. The zero-order valence-corrected chi connectivity index (χ0v) is 25.8. The summed E-state index contributed by atoms with van der Waals surface area (Å²) in [4.78, 5) is 4.59. The molecule has 0 spiro atoms. The van der Waals surface area contributed by atoms with Crippen LogP contribution in [0.5, 0.6) is 0 Å². The van der Waals surface area contributed by atoms with Gasteiger partial charge in [-0.2, -0.15) is 23.6 Å². The summed E-state index contributed by atoms with van der Waals surface area (Å²) in [6.45, 7) is 6.82. The topological polar surface area (TPSA) is 12.9 Å². The fourth-order valence-electron chi connectivity index (χ4n) is 4.04. The minimum Gasteiger partial charge on any atom is -1.00 e. The Kier molecular flexibility index (Phi) is 12.3. The van der Waals surface area contributed by atoms with Gasteiger partial charge in [0.25, 0.3) is 0 Å². The third-order valence-corrected chi connectivity index (χ3v) is 5.67. The fraction of sp³-hybridized carbons (Fsp3) is 0.129. The van der Waals surface area contributed by atoms with Crippen molar-refractivity contribution in [3.63, 3.8) is 0 Å². The number of rotatable bonds is 2. The Labute approximate surface area is 241 Å². The minimum absolute atomic E-state index is 0. The Morgan fingerprint density at radius 2 is 1.47 bits per heavy atom. The minimum atomic E-state index is 0. The number of hydrogen-bond donors (Lipinski definition) is 0. The normalized spacial score (nSPS) is 9.92. The molecule has 0 radical (unpaired) electrons. The average molecular weight is 606 g/mol. The van der Waals surface area contributed by atoms with Crippen molar-refractivity contribution in [3.8, 4) is 11.1 Å². The zero-order chi connectivity index (χ0) is 23.9. The van der Waals surface area contributed by atoms with Crippen LogP contribution in [-0.2, 0) is 29.8 Å². The molecular formula is C31H29Cl2NSiZr-2. The molecule has 0 saturated heterocycles. The zero-order valence-electron chi connectivity index (χ0n) is 20.8. The molecule has 0 saturated carbocycles. The SMILES string of the molecule is CCc1cc2c(-c3cnc4ccccc4c3)cccc2[cH-]1.C[Si](C)=[Zr+2].[Cl-].[Cl-].c1ccc2[cH-]ccc2c1. The first-order chi connectivity index (χ1) is 16.5. The molecule has 0 atom stereocenters. The van der Waals surface area contributed by atoms with Crippen molar-refractivity contribution in [3.05, 3.63) is 115 Å². The first kappa shape index (κ1) is 30.2. The van der Waals surface area contributed by atoms with Gasteiger partial charge in [0, 0.05) is 11.6 Å². The number of benzene rings is 3. The number of nitrogens with zero attached hydrogens (tertiary/aromatic N) is 1. The van der Waals surface area contributed by atoms with Gasteiger partial charge in [0.15, 0.2) is 0 Å². The summed E-state index contributed by atoms with van der Waals surface area (Å²) in [6.07, 6.45) is 3.06. The van der Waals surface area contributed by atoms with E-state index in [1.807, 2.05) is 12.3 Å². The Bertz CT molecular complexity index is 1520. The molecule has 182 valence electrons. The number of pyridine rings is 1. The van der Waals surface area contributed by atoms with E-state index < -0.39 is 0 Å². The molecule has 1 aromatic heterocycles. The van der Waals surface area contributed by atoms with Gasteiger partial charge in [-0.3, -0.25) is 4.98 Å². The van der Waals surface area contributed by atoms with Crippen molar-refractivity contribution in [2.75, 3.05) is 0 Å². The van der Waals surface area contributed by atoms with Crippen LogP contribution in [0, 0.1) is 0 Å².